The molecule has 2 rings (SSSR count). The van der Waals surface area contributed by atoms with Gasteiger partial charge in [-0.3, -0.25) is 4.79 Å². The molecule has 1 fully saturated rings. The minimum absolute atomic E-state index is 0. The first kappa shape index (κ1) is 18.0. The molecule has 1 heterocycles. The number of halogens is 1. The Balaban J connectivity index is 0.00000220. The van der Waals surface area contributed by atoms with Gasteiger partial charge in [0.1, 0.15) is 0 Å². The fraction of sp³-hybridized carbons (Fsp3) is 0.588. The van der Waals surface area contributed by atoms with E-state index in [0.717, 1.165) is 25.9 Å². The second kappa shape index (κ2) is 8.40. The Hall–Kier alpha value is -1.06. The third kappa shape index (κ3) is 5.01. The molecule has 1 aliphatic heterocycles. The van der Waals surface area contributed by atoms with Crippen LogP contribution in [0.3, 0.4) is 0 Å². The Morgan fingerprint density at radius 3 is 2.62 bits per heavy atom. The highest BCUT2D eigenvalue weighted by molar-refractivity contribution is 5.85. The summed E-state index contributed by atoms with van der Waals surface area (Å²) < 4.78 is 0. The number of benzene rings is 1. The third-order valence-corrected chi connectivity index (χ3v) is 4.30. The number of carbonyl (C=O) groups excluding carboxylic acids is 1. The Morgan fingerprint density at radius 1 is 1.38 bits per heavy atom. The summed E-state index contributed by atoms with van der Waals surface area (Å²) in [5.41, 5.74) is 7.13. The zero-order valence-corrected chi connectivity index (χ0v) is 13.8. The maximum atomic E-state index is 12.2. The number of piperidine rings is 1. The van der Waals surface area contributed by atoms with Crippen LogP contribution in [0.2, 0.25) is 0 Å². The first-order valence-electron chi connectivity index (χ1n) is 7.66. The summed E-state index contributed by atoms with van der Waals surface area (Å²) in [4.78, 5) is 14.2. The van der Waals surface area contributed by atoms with E-state index in [-0.39, 0.29) is 24.4 Å². The van der Waals surface area contributed by atoms with E-state index in [1.165, 1.54) is 5.56 Å². The van der Waals surface area contributed by atoms with Crippen molar-refractivity contribution in [1.29, 1.82) is 0 Å². The molecular weight excluding hydrogens is 284 g/mol. The fourth-order valence-electron chi connectivity index (χ4n) is 3.08. The molecule has 4 heteroatoms. The zero-order valence-electron chi connectivity index (χ0n) is 13.0. The van der Waals surface area contributed by atoms with E-state index in [0.29, 0.717) is 18.3 Å². The number of likely N-dealkylation sites (tertiary alicyclic amines) is 1. The van der Waals surface area contributed by atoms with Crippen LogP contribution in [-0.4, -0.2) is 29.9 Å². The van der Waals surface area contributed by atoms with E-state index >= 15 is 0 Å². The standard InChI is InChI=1S/C17H26N2O.ClH/c1-13-12-19(17(20)9-8-14(2)18)11-10-16(13)15-6-4-3-5-7-15;/h3-7,13-14,16H,8-12,18H2,1-2H3;1H. The molecule has 118 valence electrons. The zero-order chi connectivity index (χ0) is 14.5. The van der Waals surface area contributed by atoms with Gasteiger partial charge >= 0.3 is 0 Å². The van der Waals surface area contributed by atoms with Crippen LogP contribution in [0.25, 0.3) is 0 Å². The van der Waals surface area contributed by atoms with E-state index in [1.54, 1.807) is 0 Å². The van der Waals surface area contributed by atoms with Crippen LogP contribution >= 0.6 is 12.4 Å². The summed E-state index contributed by atoms with van der Waals surface area (Å²) in [7, 11) is 0. The van der Waals surface area contributed by atoms with Gasteiger partial charge < -0.3 is 10.6 Å². The molecule has 3 unspecified atom stereocenters. The van der Waals surface area contributed by atoms with Crippen molar-refractivity contribution in [3.63, 3.8) is 0 Å². The molecule has 21 heavy (non-hydrogen) atoms. The van der Waals surface area contributed by atoms with Gasteiger partial charge in [-0.15, -0.1) is 12.4 Å². The van der Waals surface area contributed by atoms with Crippen molar-refractivity contribution in [3.8, 4) is 0 Å². The minimum atomic E-state index is 0. The minimum Gasteiger partial charge on any atom is -0.342 e. The van der Waals surface area contributed by atoms with Gasteiger partial charge in [0.25, 0.3) is 0 Å². The first-order valence-corrected chi connectivity index (χ1v) is 7.66. The molecule has 0 spiro atoms. The lowest BCUT2D eigenvalue weighted by Crippen LogP contribution is -2.42. The van der Waals surface area contributed by atoms with Gasteiger partial charge in [0.05, 0.1) is 0 Å². The van der Waals surface area contributed by atoms with Crippen LogP contribution in [0.5, 0.6) is 0 Å². The fourth-order valence-corrected chi connectivity index (χ4v) is 3.08. The largest absolute Gasteiger partial charge is 0.342 e. The number of hydrogen-bond acceptors (Lipinski definition) is 2. The number of hydrogen-bond donors (Lipinski definition) is 1. The molecule has 3 nitrogen and oxygen atoms in total. The summed E-state index contributed by atoms with van der Waals surface area (Å²) >= 11 is 0. The monoisotopic (exact) mass is 310 g/mol. The van der Waals surface area contributed by atoms with Crippen molar-refractivity contribution in [3.05, 3.63) is 35.9 Å². The summed E-state index contributed by atoms with van der Waals surface area (Å²) in [5.74, 6) is 1.36. The Labute approximate surface area is 134 Å². The second-order valence-corrected chi connectivity index (χ2v) is 6.14. The van der Waals surface area contributed by atoms with Crippen LogP contribution in [0.1, 0.15) is 44.6 Å². The predicted octanol–water partition coefficient (Wildman–Crippen LogP) is 3.19. The highest BCUT2D eigenvalue weighted by Crippen LogP contribution is 2.32. The maximum Gasteiger partial charge on any atom is 0.222 e. The lowest BCUT2D eigenvalue weighted by molar-refractivity contribution is -0.133. The van der Waals surface area contributed by atoms with Crippen LogP contribution in [-0.2, 0) is 4.79 Å². The van der Waals surface area contributed by atoms with Gasteiger partial charge in [-0.05, 0) is 37.2 Å². The summed E-state index contributed by atoms with van der Waals surface area (Å²) in [5, 5.41) is 0. The highest BCUT2D eigenvalue weighted by Gasteiger charge is 2.29. The van der Waals surface area contributed by atoms with Crippen molar-refractivity contribution < 1.29 is 4.79 Å². The lowest BCUT2D eigenvalue weighted by atomic mass is 9.81. The summed E-state index contributed by atoms with van der Waals surface area (Å²) in [6.07, 6.45) is 2.43. The van der Waals surface area contributed by atoms with Crippen LogP contribution in [0.15, 0.2) is 30.3 Å². The van der Waals surface area contributed by atoms with Crippen LogP contribution in [0.4, 0.5) is 0 Å². The molecule has 0 aromatic heterocycles. The molecule has 2 N–H and O–H groups in total. The maximum absolute atomic E-state index is 12.2. The van der Waals surface area contributed by atoms with Crippen molar-refractivity contribution in [2.75, 3.05) is 13.1 Å². The molecule has 0 bridgehead atoms. The van der Waals surface area contributed by atoms with Gasteiger partial charge in [0.2, 0.25) is 5.91 Å². The number of carbonyl (C=O) groups is 1. The lowest BCUT2D eigenvalue weighted by Gasteiger charge is -2.37. The molecule has 1 saturated heterocycles. The van der Waals surface area contributed by atoms with Gasteiger partial charge in [-0.2, -0.15) is 0 Å². The third-order valence-electron chi connectivity index (χ3n) is 4.30. The SMILES string of the molecule is CC(N)CCC(=O)N1CCC(c2ccccc2)C(C)C1.Cl. The molecule has 1 aromatic carbocycles. The molecule has 0 saturated carbocycles. The number of nitrogens with two attached hydrogens (primary N) is 1. The van der Waals surface area contributed by atoms with Crippen molar-refractivity contribution in [2.24, 2.45) is 11.7 Å². The molecule has 1 aliphatic rings. The smallest absolute Gasteiger partial charge is 0.222 e. The van der Waals surface area contributed by atoms with Gasteiger partial charge in [0, 0.05) is 25.6 Å². The Bertz CT molecular complexity index is 436. The quantitative estimate of drug-likeness (QED) is 0.928. The average Bonchev–Trinajstić information content (AvgIpc) is 2.45. The van der Waals surface area contributed by atoms with E-state index < -0.39 is 0 Å². The molecule has 0 radical (unpaired) electrons. The summed E-state index contributed by atoms with van der Waals surface area (Å²) in [6.45, 7) is 5.96. The van der Waals surface area contributed by atoms with Gasteiger partial charge in [0.15, 0.2) is 0 Å². The highest BCUT2D eigenvalue weighted by atomic mass is 35.5. The van der Waals surface area contributed by atoms with E-state index in [1.807, 2.05) is 11.8 Å². The summed E-state index contributed by atoms with van der Waals surface area (Å²) in [6, 6.07) is 10.8. The number of nitrogens with zero attached hydrogens (tertiary/aromatic N) is 1. The van der Waals surface area contributed by atoms with Gasteiger partial charge in [-0.25, -0.2) is 0 Å². The van der Waals surface area contributed by atoms with E-state index in [9.17, 15) is 4.79 Å². The topological polar surface area (TPSA) is 46.3 Å². The molecule has 1 aromatic rings. The molecule has 3 atom stereocenters. The van der Waals surface area contributed by atoms with Crippen molar-refractivity contribution in [1.82, 2.24) is 4.90 Å². The second-order valence-electron chi connectivity index (χ2n) is 6.14. The van der Waals surface area contributed by atoms with Gasteiger partial charge in [-0.1, -0.05) is 37.3 Å². The number of amides is 1. The average molecular weight is 311 g/mol. The predicted molar refractivity (Wildman–Crippen MR) is 89.7 cm³/mol. The Kier molecular flexibility index (Phi) is 7.20. The number of rotatable bonds is 4. The van der Waals surface area contributed by atoms with Crippen LogP contribution < -0.4 is 5.73 Å². The molecular formula is C17H27ClN2O. The first-order chi connectivity index (χ1) is 9.58. The Morgan fingerprint density at radius 2 is 2.05 bits per heavy atom. The van der Waals surface area contributed by atoms with Crippen molar-refractivity contribution >= 4 is 18.3 Å². The van der Waals surface area contributed by atoms with Crippen molar-refractivity contribution in [2.45, 2.75) is 45.1 Å². The molecule has 1 amide bonds. The van der Waals surface area contributed by atoms with Crippen LogP contribution in [0, 0.1) is 5.92 Å². The normalized spacial score (nSPS) is 23.3. The molecule has 0 aliphatic carbocycles. The van der Waals surface area contributed by atoms with E-state index in [4.69, 9.17) is 5.73 Å². The van der Waals surface area contributed by atoms with E-state index in [2.05, 4.69) is 37.3 Å².